The van der Waals surface area contributed by atoms with Crippen molar-refractivity contribution in [2.75, 3.05) is 40.8 Å². The van der Waals surface area contributed by atoms with Crippen LogP contribution in [0, 0.1) is 63.2 Å². The van der Waals surface area contributed by atoms with E-state index in [-0.39, 0.29) is 169 Å². The van der Waals surface area contributed by atoms with Crippen LogP contribution in [-0.4, -0.2) is 186 Å². The van der Waals surface area contributed by atoms with E-state index < -0.39 is 59.6 Å². The number of carbonyl (C=O) groups is 12. The number of likely N-dealkylation sites (tertiary alicyclic amines) is 2. The summed E-state index contributed by atoms with van der Waals surface area (Å²) in [4.78, 5) is 138. The van der Waals surface area contributed by atoms with Crippen molar-refractivity contribution in [2.24, 2.45) is 41.2 Å². The van der Waals surface area contributed by atoms with Gasteiger partial charge in [0.15, 0.2) is 5.78 Å². The first-order valence-corrected chi connectivity index (χ1v) is 34.4. The zero-order valence-electron chi connectivity index (χ0n) is 64.5. The van der Waals surface area contributed by atoms with Gasteiger partial charge in [0.05, 0.1) is 35.9 Å². The molecule has 3 aliphatic heterocycles. The zero-order chi connectivity index (χ0) is 75.0. The molecule has 3 unspecified atom stereocenters. The number of hydrogen-bond donors (Lipinski definition) is 9. The molecule has 0 aromatic rings. The van der Waals surface area contributed by atoms with Gasteiger partial charge in [-0.15, -0.1) is 0 Å². The van der Waals surface area contributed by atoms with E-state index in [0.717, 1.165) is 51.5 Å². The van der Waals surface area contributed by atoms with Crippen LogP contribution in [0.1, 0.15) is 208 Å². The van der Waals surface area contributed by atoms with Crippen LogP contribution in [0.3, 0.4) is 0 Å². The number of Topliss-reactive ketones (excluding diaryl/α,β-unsaturated/α-hetero) is 4. The first kappa shape index (κ1) is 112. The van der Waals surface area contributed by atoms with Gasteiger partial charge in [-0.3, -0.25) is 48.1 Å². The summed E-state index contributed by atoms with van der Waals surface area (Å²) in [5.74, 6) is -1.72. The van der Waals surface area contributed by atoms with Crippen molar-refractivity contribution in [3.8, 4) is 0 Å². The van der Waals surface area contributed by atoms with E-state index in [4.69, 9.17) is 20.7 Å². The van der Waals surface area contributed by atoms with Gasteiger partial charge in [-0.2, -0.15) is 25.7 Å². The first-order chi connectivity index (χ1) is 44.9. The molecule has 3 saturated heterocycles. The summed E-state index contributed by atoms with van der Waals surface area (Å²) in [7, 11) is 5.33. The number of ketones is 4. The second-order valence-corrected chi connectivity index (χ2v) is 25.8. The molecule has 24 nitrogen and oxygen atoms in total. The average Bonchev–Trinajstić information content (AvgIpc) is 1.73. The molecule has 3 heterocycles. The second-order valence-electron chi connectivity index (χ2n) is 25.8. The molecule has 0 aliphatic carbocycles. The molecule has 5 amide bonds. The quantitative estimate of drug-likeness (QED) is 0.0136. The SMILES string of the molecule is CC(C)(C)OC(=O)N1CCCC1C(=O)O.CCC(=O)[C@@H](C)C=O.CN[C@H](/C=C/[C@H](C)C(=O)O)CC(C)C.[CH2-]C[C@H](C)C(=O)CC.[CH2-]C[C@H](N)C(=O)CC.[CH2-]C[C@H](NC(=O)C1CCCN1)C(=O)CC.[CH2-]C[C@H](NC(=O)C1CCCN1C(=O)[C@@H](C)/C=C/[C@H](CC(C)C)NC)C(=O)NC.[H+].[W].[W].[W].[W]. The number of carboxylic acids is 2. The number of likely N-dealkylation sites (N-methyl/N-ethyl adjacent to an activating group) is 3. The number of hydrogen-bond acceptors (Lipinski definition) is 17. The summed E-state index contributed by atoms with van der Waals surface area (Å²) in [6, 6.07) is -2.30. The van der Waals surface area contributed by atoms with Crippen molar-refractivity contribution < 1.29 is 158 Å². The third kappa shape index (κ3) is 51.6. The molecular weight excluding hydrogens is 1970 g/mol. The number of carboxylic acid groups (broad SMARTS) is 2. The second kappa shape index (κ2) is 65.1. The molecule has 0 spiro atoms. The Morgan fingerprint density at radius 3 is 1.36 bits per heavy atom. The number of amides is 5. The van der Waals surface area contributed by atoms with E-state index in [2.05, 4.69) is 87.3 Å². The van der Waals surface area contributed by atoms with Crippen LogP contribution in [-0.2, 0) is 142 Å². The van der Waals surface area contributed by atoms with Crippen molar-refractivity contribution in [2.45, 2.75) is 261 Å². The number of aliphatic carboxylic acids is 2. The Hall–Kier alpha value is -3.49. The minimum Gasteiger partial charge on any atom is -0.481 e. The molecular formula is C72H130N9O15W4-3. The van der Waals surface area contributed by atoms with Crippen LogP contribution in [0.4, 0.5) is 4.79 Å². The number of ether oxygens (including phenoxy) is 1. The number of rotatable bonds is 31. The van der Waals surface area contributed by atoms with Crippen LogP contribution in [0.15, 0.2) is 24.3 Å². The fourth-order valence-electron chi connectivity index (χ4n) is 9.28. The van der Waals surface area contributed by atoms with Gasteiger partial charge in [0.1, 0.15) is 41.3 Å². The smallest absolute Gasteiger partial charge is 0.481 e. The average molecular weight is 2100 g/mol. The van der Waals surface area contributed by atoms with Gasteiger partial charge in [-0.25, -0.2) is 9.59 Å². The van der Waals surface area contributed by atoms with Gasteiger partial charge in [-0.1, -0.05) is 93.5 Å². The molecule has 100 heavy (non-hydrogen) atoms. The molecule has 0 radical (unpaired) electrons. The van der Waals surface area contributed by atoms with E-state index in [1.54, 1.807) is 66.4 Å². The summed E-state index contributed by atoms with van der Waals surface area (Å²) in [5, 5.41) is 35.1. The third-order valence-corrected chi connectivity index (χ3v) is 15.6. The minimum absolute atomic E-state index is 0. The number of aldehydes is 1. The Morgan fingerprint density at radius 2 is 1.03 bits per heavy atom. The molecule has 0 saturated carbocycles. The molecule has 3 fully saturated rings. The minimum atomic E-state index is -0.960. The molecule has 10 N–H and O–H groups in total. The standard InChI is InChI=1S/C21H37N4O3.C11H19N2O2.C11H21NO2.C10H17NO4.C7H13O.C6H12NO.C6H10O2.4W/c1-7-17(19(26)23-6)24-20(27)18-9-8-12-25(18)21(28)15(4)10-11-16(22-5)13-14(2)3;1-3-8(10(14)4-2)13-11(15)9-6-5-7-12-9;1-8(2)7-10(12-4)6-5-9(3)11(13)14;1-10(2,3)15-9(14)11-6-4-5-7(11)8(12)13;1-4-6(3)7(8)5-2;1-3-5(7)6(8)4-2;1-3-6(8)5(2)4-7;;;;/h10-11,14-18,22H,1,7-9,12-13H2,2-6H3,(H,23,26)(H,24,27);8-9,12H,1,3-7H2,2H3,(H,13,15);5-6,8-10,12H,7H2,1-4H3,(H,13,14);7H,4-6H2,1-3H3,(H,12,13);6H,1,4-5H2,2-3H3;5H,1,3-4,7H2,2H3;4-5H,3H2,1-2H3;;;;/q2*-1;;;2*-1;;;;;/p+1/b11-10+;;6-5+;;;;;;;;/t15-,16+,17-,18?;8-,9?;9-,10+;;6-;2*5-;;;;/m000.000..../s1. The van der Waals surface area contributed by atoms with Gasteiger partial charge >= 0.3 is 19.5 Å². The van der Waals surface area contributed by atoms with E-state index in [0.29, 0.717) is 88.4 Å². The number of nitrogens with one attached hydrogen (secondary N) is 6. The van der Waals surface area contributed by atoms with Gasteiger partial charge in [0.2, 0.25) is 23.6 Å². The maximum Gasteiger partial charge on any atom is 1.00 e. The Labute approximate surface area is 660 Å². The molecule has 0 bridgehead atoms. The Bertz CT molecular complexity index is 2360. The van der Waals surface area contributed by atoms with E-state index in [1.807, 2.05) is 53.1 Å². The largest absolute Gasteiger partial charge is 1.00 e. The topological polar surface area (TPSA) is 359 Å². The molecule has 0 aromatic carbocycles. The molecule has 580 valence electrons. The molecule has 0 aromatic heterocycles. The van der Waals surface area contributed by atoms with Crippen LogP contribution in [0.5, 0.6) is 0 Å². The van der Waals surface area contributed by atoms with E-state index in [1.165, 1.54) is 11.9 Å². The maximum atomic E-state index is 12.9. The number of carbonyl (C=O) groups excluding carboxylic acids is 10. The van der Waals surface area contributed by atoms with Crippen molar-refractivity contribution in [1.82, 2.24) is 41.7 Å². The number of nitrogens with two attached hydrogens (primary N) is 1. The monoisotopic (exact) mass is 2100 g/mol. The summed E-state index contributed by atoms with van der Waals surface area (Å²) in [6.45, 7) is 44.7. The summed E-state index contributed by atoms with van der Waals surface area (Å²) >= 11 is 0. The van der Waals surface area contributed by atoms with Crippen LogP contribution < -0.4 is 37.6 Å². The Kier molecular flexibility index (Phi) is 73.1. The van der Waals surface area contributed by atoms with Crippen LogP contribution in [0.2, 0.25) is 0 Å². The molecule has 3 rings (SSSR count). The van der Waals surface area contributed by atoms with Crippen molar-refractivity contribution >= 4 is 71.1 Å². The number of nitrogens with zero attached hydrogens (tertiary/aromatic N) is 2. The van der Waals surface area contributed by atoms with Gasteiger partial charge in [-0.05, 0) is 124 Å². The van der Waals surface area contributed by atoms with E-state index >= 15 is 0 Å². The fourth-order valence-corrected chi connectivity index (χ4v) is 9.28. The van der Waals surface area contributed by atoms with Gasteiger partial charge in [0, 0.05) is 148 Å². The van der Waals surface area contributed by atoms with Crippen LogP contribution in [0.25, 0.3) is 0 Å². The van der Waals surface area contributed by atoms with Crippen molar-refractivity contribution in [3.63, 3.8) is 0 Å². The van der Waals surface area contributed by atoms with E-state index in [9.17, 15) is 57.5 Å². The van der Waals surface area contributed by atoms with Crippen molar-refractivity contribution in [1.29, 1.82) is 0 Å². The maximum absolute atomic E-state index is 12.9. The fraction of sp³-hybridized carbons (Fsp3) is 0.722. The van der Waals surface area contributed by atoms with Gasteiger partial charge in [0.25, 0.3) is 0 Å². The van der Waals surface area contributed by atoms with Gasteiger partial charge < -0.3 is 90.0 Å². The summed E-state index contributed by atoms with van der Waals surface area (Å²) in [6.07, 6.45) is 18.3. The molecule has 28 heteroatoms. The first-order valence-electron chi connectivity index (χ1n) is 34.4. The predicted octanol–water partition coefficient (Wildman–Crippen LogP) is 8.30. The summed E-state index contributed by atoms with van der Waals surface area (Å²) in [5.41, 5.74) is 4.73. The normalized spacial score (nSPS) is 17.7. The molecule has 12 atom stereocenters. The summed E-state index contributed by atoms with van der Waals surface area (Å²) < 4.78 is 5.13. The van der Waals surface area contributed by atoms with Crippen LogP contribution >= 0.6 is 0 Å². The molecule has 3 aliphatic rings. The third-order valence-electron chi connectivity index (χ3n) is 15.6. The van der Waals surface area contributed by atoms with Crippen molar-refractivity contribution in [3.05, 3.63) is 52.0 Å². The Morgan fingerprint density at radius 1 is 0.580 bits per heavy atom. The predicted molar refractivity (Wildman–Crippen MR) is 381 cm³/mol. The zero-order valence-corrected chi connectivity index (χ0v) is 75.3. The Balaban J connectivity index is -0.000000146.